The lowest BCUT2D eigenvalue weighted by Gasteiger charge is -2.23. The maximum absolute atomic E-state index is 12.6. The number of nitrogens with zero attached hydrogens (tertiary/aromatic N) is 1. The number of halogens is 3. The SMILES string of the molecule is O=C(COCCOc1ccccc1)N(Cc1ccco1)CC(F)(F)F. The van der Waals surface area contributed by atoms with Crippen LogP contribution in [0.5, 0.6) is 5.75 Å². The van der Waals surface area contributed by atoms with Crippen molar-refractivity contribution in [1.82, 2.24) is 4.90 Å². The van der Waals surface area contributed by atoms with Crippen molar-refractivity contribution in [3.63, 3.8) is 0 Å². The van der Waals surface area contributed by atoms with Gasteiger partial charge in [0.15, 0.2) is 0 Å². The molecule has 0 bridgehead atoms. The van der Waals surface area contributed by atoms with Crippen LogP contribution in [0.1, 0.15) is 5.76 Å². The van der Waals surface area contributed by atoms with Gasteiger partial charge in [0.25, 0.3) is 0 Å². The molecule has 0 fully saturated rings. The van der Waals surface area contributed by atoms with Crippen LogP contribution >= 0.6 is 0 Å². The van der Waals surface area contributed by atoms with E-state index in [1.165, 1.54) is 12.3 Å². The van der Waals surface area contributed by atoms with Crippen molar-refractivity contribution in [2.24, 2.45) is 0 Å². The Morgan fingerprint density at radius 3 is 2.48 bits per heavy atom. The maximum Gasteiger partial charge on any atom is 0.406 e. The fraction of sp³-hybridized carbons (Fsp3) is 0.353. The molecule has 0 saturated heterocycles. The molecule has 0 aliphatic heterocycles. The van der Waals surface area contributed by atoms with E-state index in [-0.39, 0.29) is 25.5 Å². The van der Waals surface area contributed by atoms with Crippen molar-refractivity contribution in [3.05, 3.63) is 54.5 Å². The van der Waals surface area contributed by atoms with Gasteiger partial charge in [0.2, 0.25) is 5.91 Å². The first-order valence-corrected chi connectivity index (χ1v) is 7.56. The highest BCUT2D eigenvalue weighted by Gasteiger charge is 2.33. The third-order valence-corrected chi connectivity index (χ3v) is 3.11. The van der Waals surface area contributed by atoms with Crippen LogP contribution in [0.3, 0.4) is 0 Å². The fourth-order valence-electron chi connectivity index (χ4n) is 2.03. The lowest BCUT2D eigenvalue weighted by Crippen LogP contribution is -2.40. The number of benzene rings is 1. The van der Waals surface area contributed by atoms with E-state index < -0.39 is 25.2 Å². The third kappa shape index (κ3) is 7.30. The molecule has 1 aromatic carbocycles. The molecule has 25 heavy (non-hydrogen) atoms. The monoisotopic (exact) mass is 357 g/mol. The Kier molecular flexibility index (Phi) is 6.88. The molecule has 0 spiro atoms. The van der Waals surface area contributed by atoms with Crippen LogP contribution in [0.4, 0.5) is 13.2 Å². The highest BCUT2D eigenvalue weighted by molar-refractivity contribution is 5.77. The zero-order valence-corrected chi connectivity index (χ0v) is 13.4. The molecule has 0 N–H and O–H groups in total. The largest absolute Gasteiger partial charge is 0.491 e. The number of carbonyl (C=O) groups excluding carboxylic acids is 1. The van der Waals surface area contributed by atoms with E-state index in [0.717, 1.165) is 0 Å². The highest BCUT2D eigenvalue weighted by atomic mass is 19.4. The third-order valence-electron chi connectivity index (χ3n) is 3.11. The van der Waals surface area contributed by atoms with Gasteiger partial charge in [0, 0.05) is 0 Å². The molecule has 0 saturated carbocycles. The van der Waals surface area contributed by atoms with Gasteiger partial charge in [-0.3, -0.25) is 4.79 Å². The molecule has 1 aromatic heterocycles. The lowest BCUT2D eigenvalue weighted by molar-refractivity contribution is -0.165. The molecule has 5 nitrogen and oxygen atoms in total. The molecule has 0 radical (unpaired) electrons. The van der Waals surface area contributed by atoms with Crippen molar-refractivity contribution in [1.29, 1.82) is 0 Å². The van der Waals surface area contributed by atoms with Crippen LogP contribution in [0.25, 0.3) is 0 Å². The zero-order valence-electron chi connectivity index (χ0n) is 13.4. The summed E-state index contributed by atoms with van der Waals surface area (Å²) in [6.45, 7) is -1.82. The Bertz CT molecular complexity index is 629. The predicted octanol–water partition coefficient (Wildman–Crippen LogP) is 3.27. The zero-order chi connectivity index (χ0) is 18.1. The molecule has 2 aromatic rings. The van der Waals surface area contributed by atoms with Gasteiger partial charge in [0.05, 0.1) is 19.4 Å². The molecule has 1 heterocycles. The summed E-state index contributed by atoms with van der Waals surface area (Å²) < 4.78 is 53.4. The Balaban J connectivity index is 1.76. The van der Waals surface area contributed by atoms with Crippen LogP contribution in [-0.4, -0.2) is 43.3 Å². The van der Waals surface area contributed by atoms with E-state index in [2.05, 4.69) is 0 Å². The Morgan fingerprint density at radius 1 is 1.08 bits per heavy atom. The second-order valence-electron chi connectivity index (χ2n) is 5.16. The van der Waals surface area contributed by atoms with Gasteiger partial charge < -0.3 is 18.8 Å². The van der Waals surface area contributed by atoms with E-state index in [1.807, 2.05) is 18.2 Å². The smallest absolute Gasteiger partial charge is 0.406 e. The highest BCUT2D eigenvalue weighted by Crippen LogP contribution is 2.18. The van der Waals surface area contributed by atoms with Gasteiger partial charge in [-0.1, -0.05) is 18.2 Å². The van der Waals surface area contributed by atoms with E-state index in [4.69, 9.17) is 13.9 Å². The summed E-state index contributed by atoms with van der Waals surface area (Å²) in [5, 5.41) is 0. The molecule has 1 amide bonds. The lowest BCUT2D eigenvalue weighted by atomic mass is 10.3. The van der Waals surface area contributed by atoms with E-state index in [9.17, 15) is 18.0 Å². The van der Waals surface area contributed by atoms with Gasteiger partial charge in [-0.05, 0) is 24.3 Å². The van der Waals surface area contributed by atoms with Crippen LogP contribution in [0.15, 0.2) is 53.1 Å². The van der Waals surface area contributed by atoms with Gasteiger partial charge in [-0.15, -0.1) is 0 Å². The van der Waals surface area contributed by atoms with Gasteiger partial charge >= 0.3 is 6.18 Å². The molecule has 136 valence electrons. The fourth-order valence-corrected chi connectivity index (χ4v) is 2.03. The minimum absolute atomic E-state index is 0.0846. The minimum atomic E-state index is -4.50. The molecule has 8 heteroatoms. The topological polar surface area (TPSA) is 51.9 Å². The van der Waals surface area contributed by atoms with Crippen LogP contribution < -0.4 is 4.74 Å². The summed E-state index contributed by atoms with van der Waals surface area (Å²) in [4.78, 5) is 12.6. The summed E-state index contributed by atoms with van der Waals surface area (Å²) in [6, 6.07) is 12.0. The number of carbonyl (C=O) groups is 1. The summed E-state index contributed by atoms with van der Waals surface area (Å²) in [6.07, 6.45) is -3.17. The Labute approximate surface area is 142 Å². The molecule has 0 aliphatic carbocycles. The van der Waals surface area contributed by atoms with Crippen molar-refractivity contribution in [2.45, 2.75) is 12.7 Å². The van der Waals surface area contributed by atoms with Crippen molar-refractivity contribution >= 4 is 5.91 Å². The van der Waals surface area contributed by atoms with E-state index in [0.29, 0.717) is 10.6 Å². The molecule has 0 aliphatic rings. The number of furan rings is 1. The van der Waals surface area contributed by atoms with Crippen molar-refractivity contribution in [2.75, 3.05) is 26.4 Å². The summed E-state index contributed by atoms with van der Waals surface area (Å²) in [5.74, 6) is 0.146. The first-order chi connectivity index (χ1) is 11.9. The van der Waals surface area contributed by atoms with Crippen LogP contribution in [0.2, 0.25) is 0 Å². The Morgan fingerprint density at radius 2 is 1.84 bits per heavy atom. The van der Waals surface area contributed by atoms with E-state index in [1.54, 1.807) is 18.2 Å². The normalized spacial score (nSPS) is 11.3. The molecular weight excluding hydrogens is 339 g/mol. The Hall–Kier alpha value is -2.48. The van der Waals surface area contributed by atoms with Gasteiger partial charge in [0.1, 0.15) is 31.3 Å². The minimum Gasteiger partial charge on any atom is -0.491 e. The van der Waals surface area contributed by atoms with Crippen LogP contribution in [-0.2, 0) is 16.1 Å². The summed E-state index contributed by atoms with van der Waals surface area (Å²) in [5.41, 5.74) is 0. The van der Waals surface area contributed by atoms with E-state index >= 15 is 0 Å². The van der Waals surface area contributed by atoms with Gasteiger partial charge in [-0.25, -0.2) is 0 Å². The number of para-hydroxylation sites is 1. The summed E-state index contributed by atoms with van der Waals surface area (Å²) in [7, 11) is 0. The first-order valence-electron chi connectivity index (χ1n) is 7.56. The quantitative estimate of drug-likeness (QED) is 0.647. The predicted molar refractivity (Wildman–Crippen MR) is 82.9 cm³/mol. The maximum atomic E-state index is 12.6. The first kappa shape index (κ1) is 18.9. The number of ether oxygens (including phenoxy) is 2. The van der Waals surface area contributed by atoms with Crippen molar-refractivity contribution < 1.29 is 31.9 Å². The number of amides is 1. The molecule has 2 rings (SSSR count). The second kappa shape index (κ2) is 9.12. The van der Waals surface area contributed by atoms with Crippen LogP contribution in [0, 0.1) is 0 Å². The number of hydrogen-bond acceptors (Lipinski definition) is 4. The molecule has 0 atom stereocenters. The number of alkyl halides is 3. The van der Waals surface area contributed by atoms with Crippen molar-refractivity contribution in [3.8, 4) is 5.75 Å². The number of hydrogen-bond donors (Lipinski definition) is 0. The number of rotatable bonds is 9. The molecular formula is C17H18F3NO4. The molecule has 0 unspecified atom stereocenters. The van der Waals surface area contributed by atoms with Gasteiger partial charge in [-0.2, -0.15) is 13.2 Å². The standard InChI is InChI=1S/C17H18F3NO4/c18-17(19,20)13-21(11-15-7-4-8-24-15)16(22)12-23-9-10-25-14-5-2-1-3-6-14/h1-8H,9-13H2. The second-order valence-corrected chi connectivity index (χ2v) is 5.16. The average molecular weight is 357 g/mol. The average Bonchev–Trinajstić information content (AvgIpc) is 3.06. The summed E-state index contributed by atoms with van der Waals surface area (Å²) >= 11 is 0.